The molecule has 0 saturated carbocycles. The van der Waals surface area contributed by atoms with Crippen molar-refractivity contribution in [3.05, 3.63) is 0 Å². The van der Waals surface area contributed by atoms with Gasteiger partial charge in [0.15, 0.2) is 0 Å². The third-order valence-electron chi connectivity index (χ3n) is 3.56. The van der Waals surface area contributed by atoms with Crippen molar-refractivity contribution in [3.8, 4) is 0 Å². The van der Waals surface area contributed by atoms with Crippen molar-refractivity contribution >= 4 is 5.91 Å². The van der Waals surface area contributed by atoms with Crippen molar-refractivity contribution in [2.24, 2.45) is 23.5 Å². The molecule has 4 heteroatoms. The normalized spacial score (nSPS) is 20.2. The first-order valence-electron chi connectivity index (χ1n) is 6.19. The second-order valence-corrected chi connectivity index (χ2v) is 5.04. The van der Waals surface area contributed by atoms with E-state index in [0.29, 0.717) is 18.4 Å². The molecule has 1 rings (SSSR count). The fourth-order valence-corrected chi connectivity index (χ4v) is 2.23. The van der Waals surface area contributed by atoms with Gasteiger partial charge in [-0.2, -0.15) is 0 Å². The fraction of sp³-hybridized carbons (Fsp3) is 0.917. The Morgan fingerprint density at radius 2 is 2.00 bits per heavy atom. The quantitative estimate of drug-likeness (QED) is 0.734. The molecule has 3 N–H and O–H groups in total. The van der Waals surface area contributed by atoms with E-state index < -0.39 is 0 Å². The smallest absolute Gasteiger partial charge is 0.227 e. The minimum Gasteiger partial charge on any atom is -0.396 e. The first-order valence-corrected chi connectivity index (χ1v) is 6.19. The highest BCUT2D eigenvalue weighted by atomic mass is 16.3. The van der Waals surface area contributed by atoms with E-state index >= 15 is 0 Å². The lowest BCUT2D eigenvalue weighted by Crippen LogP contribution is -2.45. The molecule has 1 amide bonds. The number of hydrogen-bond acceptors (Lipinski definition) is 3. The maximum absolute atomic E-state index is 12.1. The van der Waals surface area contributed by atoms with Crippen molar-refractivity contribution in [1.29, 1.82) is 0 Å². The monoisotopic (exact) mass is 228 g/mol. The summed E-state index contributed by atoms with van der Waals surface area (Å²) in [7, 11) is 0. The number of aliphatic hydroxyl groups excluding tert-OH is 1. The minimum absolute atomic E-state index is 0.0503. The number of likely N-dealkylation sites (tertiary alicyclic amines) is 1. The molecule has 1 heterocycles. The van der Waals surface area contributed by atoms with E-state index in [2.05, 4.69) is 0 Å². The van der Waals surface area contributed by atoms with Crippen LogP contribution < -0.4 is 5.73 Å². The van der Waals surface area contributed by atoms with E-state index in [-0.39, 0.29) is 18.4 Å². The third kappa shape index (κ3) is 3.19. The van der Waals surface area contributed by atoms with E-state index in [1.54, 1.807) is 0 Å². The first-order chi connectivity index (χ1) is 7.60. The largest absolute Gasteiger partial charge is 0.396 e. The molecule has 1 aliphatic heterocycles. The zero-order valence-electron chi connectivity index (χ0n) is 10.4. The molecule has 0 radical (unpaired) electrons. The maximum Gasteiger partial charge on any atom is 0.227 e. The summed E-state index contributed by atoms with van der Waals surface area (Å²) >= 11 is 0. The van der Waals surface area contributed by atoms with E-state index in [0.717, 1.165) is 25.9 Å². The number of nitrogens with zero attached hydrogens (tertiary/aromatic N) is 1. The molecular formula is C12H24N2O2. The highest BCUT2D eigenvalue weighted by molar-refractivity contribution is 5.79. The molecule has 0 bridgehead atoms. The zero-order chi connectivity index (χ0) is 12.1. The lowest BCUT2D eigenvalue weighted by atomic mass is 9.92. The average Bonchev–Trinajstić information content (AvgIpc) is 2.29. The van der Waals surface area contributed by atoms with Crippen molar-refractivity contribution in [2.45, 2.75) is 26.7 Å². The highest BCUT2D eigenvalue weighted by Gasteiger charge is 2.28. The Bertz CT molecular complexity index is 223. The predicted octanol–water partition coefficient (Wildman–Crippen LogP) is 0.448. The Kier molecular flexibility index (Phi) is 5.22. The lowest BCUT2D eigenvalue weighted by Gasteiger charge is -2.34. The Balaban J connectivity index is 2.49. The molecule has 1 aliphatic rings. The summed E-state index contributed by atoms with van der Waals surface area (Å²) in [5.41, 5.74) is 5.65. The van der Waals surface area contributed by atoms with Gasteiger partial charge < -0.3 is 15.7 Å². The Hall–Kier alpha value is -0.610. The summed E-state index contributed by atoms with van der Waals surface area (Å²) in [6, 6.07) is 0. The van der Waals surface area contributed by atoms with Crippen LogP contribution in [0, 0.1) is 17.8 Å². The Morgan fingerprint density at radius 3 is 2.38 bits per heavy atom. The van der Waals surface area contributed by atoms with Gasteiger partial charge in [-0.3, -0.25) is 4.79 Å². The topological polar surface area (TPSA) is 66.6 Å². The zero-order valence-corrected chi connectivity index (χ0v) is 10.4. The van der Waals surface area contributed by atoms with Gasteiger partial charge in [0.25, 0.3) is 0 Å². The molecule has 0 spiro atoms. The van der Waals surface area contributed by atoms with Crippen LogP contribution in [0.1, 0.15) is 26.7 Å². The number of amides is 1. The van der Waals surface area contributed by atoms with E-state index in [1.165, 1.54) is 0 Å². The molecule has 1 atom stereocenters. The summed E-state index contributed by atoms with van der Waals surface area (Å²) in [5, 5.41) is 9.04. The molecule has 1 saturated heterocycles. The van der Waals surface area contributed by atoms with Crippen LogP contribution in [0.5, 0.6) is 0 Å². The number of nitrogens with two attached hydrogens (primary N) is 1. The molecule has 4 nitrogen and oxygen atoms in total. The number of hydrogen-bond donors (Lipinski definition) is 2. The molecular weight excluding hydrogens is 204 g/mol. The maximum atomic E-state index is 12.1. The van der Waals surface area contributed by atoms with Crippen LogP contribution in [0.3, 0.4) is 0 Å². The number of aliphatic hydroxyl groups is 1. The molecule has 1 fully saturated rings. The summed E-state index contributed by atoms with van der Waals surface area (Å²) in [5.74, 6) is 0.812. The first kappa shape index (κ1) is 13.5. The molecule has 94 valence electrons. The van der Waals surface area contributed by atoms with Crippen LogP contribution in [-0.4, -0.2) is 42.2 Å². The van der Waals surface area contributed by atoms with Gasteiger partial charge in [-0.1, -0.05) is 13.8 Å². The molecule has 0 aromatic carbocycles. The van der Waals surface area contributed by atoms with Crippen LogP contribution in [0.2, 0.25) is 0 Å². The second kappa shape index (κ2) is 6.21. The van der Waals surface area contributed by atoms with Gasteiger partial charge in [-0.05, 0) is 24.7 Å². The van der Waals surface area contributed by atoms with Gasteiger partial charge in [0.05, 0.1) is 5.92 Å². The van der Waals surface area contributed by atoms with Gasteiger partial charge in [0, 0.05) is 26.2 Å². The van der Waals surface area contributed by atoms with Crippen LogP contribution in [0.15, 0.2) is 0 Å². The highest BCUT2D eigenvalue weighted by Crippen LogP contribution is 2.20. The summed E-state index contributed by atoms with van der Waals surface area (Å²) in [4.78, 5) is 14.1. The number of rotatable bonds is 4. The standard InChI is InChI=1S/C12H24N2O2/c1-9(2)11(7-13)12(16)14-5-3-10(8-15)4-6-14/h9-11,15H,3-8,13H2,1-2H3. The second-order valence-electron chi connectivity index (χ2n) is 5.04. The van der Waals surface area contributed by atoms with Gasteiger partial charge in [-0.15, -0.1) is 0 Å². The molecule has 0 aromatic heterocycles. The Morgan fingerprint density at radius 1 is 1.44 bits per heavy atom. The van der Waals surface area contributed by atoms with Gasteiger partial charge in [-0.25, -0.2) is 0 Å². The Labute approximate surface area is 97.8 Å². The number of carbonyl (C=O) groups excluding carboxylic acids is 1. The molecule has 0 aromatic rings. The van der Waals surface area contributed by atoms with Gasteiger partial charge in [0.2, 0.25) is 5.91 Å². The molecule has 0 aliphatic carbocycles. The van der Waals surface area contributed by atoms with Crippen LogP contribution in [0.4, 0.5) is 0 Å². The van der Waals surface area contributed by atoms with E-state index in [1.807, 2.05) is 18.7 Å². The van der Waals surface area contributed by atoms with Crippen LogP contribution in [0.25, 0.3) is 0 Å². The molecule has 16 heavy (non-hydrogen) atoms. The van der Waals surface area contributed by atoms with Crippen molar-refractivity contribution < 1.29 is 9.90 Å². The fourth-order valence-electron chi connectivity index (χ4n) is 2.23. The SMILES string of the molecule is CC(C)C(CN)C(=O)N1CCC(CO)CC1. The predicted molar refractivity (Wildman–Crippen MR) is 63.8 cm³/mol. The van der Waals surface area contributed by atoms with Crippen molar-refractivity contribution in [3.63, 3.8) is 0 Å². The number of piperidine rings is 1. The van der Waals surface area contributed by atoms with Crippen molar-refractivity contribution in [1.82, 2.24) is 4.90 Å². The number of carbonyl (C=O) groups is 1. The third-order valence-corrected chi connectivity index (χ3v) is 3.56. The summed E-state index contributed by atoms with van der Waals surface area (Å²) < 4.78 is 0. The summed E-state index contributed by atoms with van der Waals surface area (Å²) in [6.07, 6.45) is 1.83. The summed E-state index contributed by atoms with van der Waals surface area (Å²) in [6.45, 7) is 6.29. The van der Waals surface area contributed by atoms with E-state index in [4.69, 9.17) is 10.8 Å². The van der Waals surface area contributed by atoms with Gasteiger partial charge in [0.1, 0.15) is 0 Å². The lowest BCUT2D eigenvalue weighted by molar-refractivity contribution is -0.138. The van der Waals surface area contributed by atoms with Crippen molar-refractivity contribution in [2.75, 3.05) is 26.2 Å². The molecule has 1 unspecified atom stereocenters. The van der Waals surface area contributed by atoms with Crippen LogP contribution in [-0.2, 0) is 4.79 Å². The van der Waals surface area contributed by atoms with E-state index in [9.17, 15) is 4.79 Å². The average molecular weight is 228 g/mol. The minimum atomic E-state index is -0.0503. The van der Waals surface area contributed by atoms with Crippen LogP contribution >= 0.6 is 0 Å². The van der Waals surface area contributed by atoms with Gasteiger partial charge >= 0.3 is 0 Å².